The number of methoxy groups -OCH3 is 1. The molecule has 3 nitrogen and oxygen atoms in total. The highest BCUT2D eigenvalue weighted by Crippen LogP contribution is 2.46. The first kappa shape index (κ1) is 13.7. The van der Waals surface area contributed by atoms with Gasteiger partial charge in [-0.1, -0.05) is 11.6 Å². The molecule has 1 aromatic carbocycles. The van der Waals surface area contributed by atoms with Crippen LogP contribution >= 0.6 is 11.6 Å². The van der Waals surface area contributed by atoms with Crippen molar-refractivity contribution >= 4 is 11.6 Å². The molecule has 2 N–H and O–H groups in total. The molecule has 1 aromatic rings. The number of aryl methyl sites for hydroxylation is 1. The zero-order chi connectivity index (χ0) is 13.6. The van der Waals surface area contributed by atoms with Crippen LogP contribution in [0.15, 0.2) is 12.1 Å². The summed E-state index contributed by atoms with van der Waals surface area (Å²) in [6.45, 7) is 7.24. The zero-order valence-electron chi connectivity index (χ0n) is 11.3. The van der Waals surface area contributed by atoms with E-state index in [0.717, 1.165) is 16.9 Å². The Morgan fingerprint density at radius 3 is 2.39 bits per heavy atom. The van der Waals surface area contributed by atoms with Crippen LogP contribution in [0, 0.1) is 6.92 Å². The molecule has 100 valence electrons. The Hall–Kier alpha value is -0.770. The quantitative estimate of drug-likeness (QED) is 0.918. The van der Waals surface area contributed by atoms with Crippen LogP contribution < -0.4 is 10.5 Å². The molecule has 1 fully saturated rings. The fraction of sp³-hybridized carbons (Fsp3) is 0.571. The number of hydrogen-bond donors (Lipinski definition) is 1. The first-order valence-corrected chi connectivity index (χ1v) is 6.41. The van der Waals surface area contributed by atoms with E-state index in [4.69, 9.17) is 26.8 Å². The van der Waals surface area contributed by atoms with Gasteiger partial charge in [0.05, 0.1) is 25.7 Å². The monoisotopic (exact) mass is 269 g/mol. The van der Waals surface area contributed by atoms with Gasteiger partial charge in [-0.3, -0.25) is 0 Å². The third-order valence-corrected chi connectivity index (χ3v) is 4.11. The number of rotatable bonds is 3. The summed E-state index contributed by atoms with van der Waals surface area (Å²) in [5.41, 5.74) is 7.80. The van der Waals surface area contributed by atoms with Gasteiger partial charge in [0, 0.05) is 16.1 Å². The molecular weight excluding hydrogens is 250 g/mol. The smallest absolute Gasteiger partial charge is 0.125 e. The minimum Gasteiger partial charge on any atom is -0.496 e. The lowest BCUT2D eigenvalue weighted by atomic mass is 9.65. The van der Waals surface area contributed by atoms with Crippen LogP contribution in [-0.2, 0) is 10.2 Å². The highest BCUT2D eigenvalue weighted by atomic mass is 35.5. The largest absolute Gasteiger partial charge is 0.496 e. The second kappa shape index (κ2) is 4.41. The molecule has 1 aliphatic rings. The molecular formula is C14H20ClNO2. The van der Waals surface area contributed by atoms with E-state index in [1.807, 2.05) is 32.9 Å². The third-order valence-electron chi connectivity index (χ3n) is 3.89. The van der Waals surface area contributed by atoms with Crippen LogP contribution in [0.3, 0.4) is 0 Å². The standard InChI is InChI=1S/C14H20ClNO2/c1-9-5-10(15)6-11(12(9)17-4)14(7-18-8-14)13(2,3)16/h5-6H,7-8,16H2,1-4H3. The van der Waals surface area contributed by atoms with Gasteiger partial charge in [-0.15, -0.1) is 0 Å². The maximum Gasteiger partial charge on any atom is 0.125 e. The van der Waals surface area contributed by atoms with E-state index in [2.05, 4.69) is 0 Å². The Morgan fingerprint density at radius 1 is 1.39 bits per heavy atom. The van der Waals surface area contributed by atoms with E-state index in [-0.39, 0.29) is 5.41 Å². The summed E-state index contributed by atoms with van der Waals surface area (Å²) in [6, 6.07) is 3.85. The maximum absolute atomic E-state index is 6.35. The Bertz CT molecular complexity index is 462. The SMILES string of the molecule is COc1c(C)cc(Cl)cc1C1(C(C)(C)N)COC1. The van der Waals surface area contributed by atoms with Crippen LogP contribution in [0.5, 0.6) is 5.75 Å². The summed E-state index contributed by atoms with van der Waals surface area (Å²) in [4.78, 5) is 0. The van der Waals surface area contributed by atoms with Gasteiger partial charge in [0.2, 0.25) is 0 Å². The maximum atomic E-state index is 6.35. The first-order chi connectivity index (χ1) is 8.32. The molecule has 2 rings (SSSR count). The molecule has 0 unspecified atom stereocenters. The lowest BCUT2D eigenvalue weighted by Crippen LogP contribution is -2.64. The van der Waals surface area contributed by atoms with Crippen molar-refractivity contribution in [3.63, 3.8) is 0 Å². The van der Waals surface area contributed by atoms with Crippen molar-refractivity contribution in [3.8, 4) is 5.75 Å². The van der Waals surface area contributed by atoms with Crippen LogP contribution in [0.25, 0.3) is 0 Å². The van der Waals surface area contributed by atoms with Gasteiger partial charge >= 0.3 is 0 Å². The Balaban J connectivity index is 2.62. The summed E-state index contributed by atoms with van der Waals surface area (Å²) in [5, 5.41) is 0.707. The van der Waals surface area contributed by atoms with Crippen molar-refractivity contribution in [2.75, 3.05) is 20.3 Å². The molecule has 1 heterocycles. The number of ether oxygens (including phenoxy) is 2. The van der Waals surface area contributed by atoms with Gasteiger partial charge in [0.15, 0.2) is 0 Å². The van der Waals surface area contributed by atoms with E-state index in [9.17, 15) is 0 Å². The molecule has 0 saturated carbocycles. The van der Waals surface area contributed by atoms with E-state index in [1.165, 1.54) is 0 Å². The minimum atomic E-state index is -0.393. The molecule has 4 heteroatoms. The van der Waals surface area contributed by atoms with Gasteiger partial charge in [-0.25, -0.2) is 0 Å². The Labute approximate surface area is 113 Å². The summed E-state index contributed by atoms with van der Waals surface area (Å²) < 4.78 is 11.0. The van der Waals surface area contributed by atoms with Crippen LogP contribution in [0.1, 0.15) is 25.0 Å². The van der Waals surface area contributed by atoms with Crippen LogP contribution in [0.4, 0.5) is 0 Å². The number of nitrogens with two attached hydrogens (primary N) is 1. The third kappa shape index (κ3) is 1.91. The Kier molecular flexibility index (Phi) is 3.34. The molecule has 18 heavy (non-hydrogen) atoms. The van der Waals surface area contributed by atoms with Gasteiger partial charge < -0.3 is 15.2 Å². The predicted octanol–water partition coefficient (Wildman–Crippen LogP) is 2.66. The topological polar surface area (TPSA) is 44.5 Å². The van der Waals surface area contributed by atoms with E-state index in [1.54, 1.807) is 7.11 Å². The summed E-state index contributed by atoms with van der Waals surface area (Å²) in [6.07, 6.45) is 0. The molecule has 1 aliphatic heterocycles. The summed E-state index contributed by atoms with van der Waals surface area (Å²) >= 11 is 6.18. The molecule has 0 atom stereocenters. The summed E-state index contributed by atoms with van der Waals surface area (Å²) in [5.74, 6) is 0.862. The number of hydrogen-bond acceptors (Lipinski definition) is 3. The number of halogens is 1. The predicted molar refractivity (Wildman–Crippen MR) is 73.5 cm³/mol. The van der Waals surface area contributed by atoms with Crippen molar-refractivity contribution in [3.05, 3.63) is 28.3 Å². The first-order valence-electron chi connectivity index (χ1n) is 6.03. The molecule has 0 aliphatic carbocycles. The lowest BCUT2D eigenvalue weighted by molar-refractivity contribution is -0.0927. The molecule has 0 bridgehead atoms. The van der Waals surface area contributed by atoms with Crippen molar-refractivity contribution in [2.24, 2.45) is 5.73 Å². The second-order valence-electron chi connectivity index (χ2n) is 5.60. The van der Waals surface area contributed by atoms with Crippen molar-refractivity contribution in [1.82, 2.24) is 0 Å². The number of benzene rings is 1. The van der Waals surface area contributed by atoms with Crippen LogP contribution in [-0.4, -0.2) is 25.9 Å². The normalized spacial score (nSPS) is 18.3. The fourth-order valence-corrected chi connectivity index (χ4v) is 2.81. The average Bonchev–Trinajstić information content (AvgIpc) is 2.12. The van der Waals surface area contributed by atoms with Crippen molar-refractivity contribution in [1.29, 1.82) is 0 Å². The fourth-order valence-electron chi connectivity index (χ4n) is 2.54. The van der Waals surface area contributed by atoms with Gasteiger partial charge in [-0.2, -0.15) is 0 Å². The molecule has 0 amide bonds. The van der Waals surface area contributed by atoms with Crippen molar-refractivity contribution < 1.29 is 9.47 Å². The van der Waals surface area contributed by atoms with E-state index >= 15 is 0 Å². The average molecular weight is 270 g/mol. The highest BCUT2D eigenvalue weighted by Gasteiger charge is 2.52. The van der Waals surface area contributed by atoms with Crippen molar-refractivity contribution in [2.45, 2.75) is 31.7 Å². The molecule has 0 radical (unpaired) electrons. The van der Waals surface area contributed by atoms with Gasteiger partial charge in [0.25, 0.3) is 0 Å². The van der Waals surface area contributed by atoms with Gasteiger partial charge in [0.1, 0.15) is 5.75 Å². The zero-order valence-corrected chi connectivity index (χ0v) is 12.1. The molecule has 0 aromatic heterocycles. The van der Waals surface area contributed by atoms with E-state index < -0.39 is 5.54 Å². The molecule has 1 saturated heterocycles. The van der Waals surface area contributed by atoms with Gasteiger partial charge in [-0.05, 0) is 38.5 Å². The lowest BCUT2D eigenvalue weighted by Gasteiger charge is -2.51. The Morgan fingerprint density at radius 2 is 2.00 bits per heavy atom. The summed E-state index contributed by atoms with van der Waals surface area (Å²) in [7, 11) is 1.68. The van der Waals surface area contributed by atoms with Crippen LogP contribution in [0.2, 0.25) is 5.02 Å². The second-order valence-corrected chi connectivity index (χ2v) is 6.04. The highest BCUT2D eigenvalue weighted by molar-refractivity contribution is 6.30. The molecule has 0 spiro atoms. The minimum absolute atomic E-state index is 0.228. The van der Waals surface area contributed by atoms with E-state index in [0.29, 0.717) is 18.2 Å².